The Morgan fingerprint density at radius 1 is 1.46 bits per heavy atom. The van der Waals surface area contributed by atoms with Crippen LogP contribution in [-0.4, -0.2) is 12.4 Å². The van der Waals surface area contributed by atoms with Gasteiger partial charge in [-0.05, 0) is 25.1 Å². The molecule has 0 aliphatic carbocycles. The zero-order valence-corrected chi connectivity index (χ0v) is 12.1. The number of hydrogen-bond acceptors (Lipinski definition) is 1. The quantitative estimate of drug-likeness (QED) is 0.326. The summed E-state index contributed by atoms with van der Waals surface area (Å²) in [4.78, 5) is 0. The first-order valence-electron chi connectivity index (χ1n) is 4.63. The highest BCUT2D eigenvalue weighted by molar-refractivity contribution is 14.1. The fraction of sp³-hybridized carbons (Fsp3) is 0.800. The third-order valence-electron chi connectivity index (χ3n) is 1.63. The fourth-order valence-electron chi connectivity index (χ4n) is 1.51. The summed E-state index contributed by atoms with van der Waals surface area (Å²) in [5, 5.41) is 0. The lowest BCUT2D eigenvalue weighted by Crippen LogP contribution is -2.34. The molecule has 0 spiro atoms. The first kappa shape index (κ1) is 13.5. The van der Waals surface area contributed by atoms with Gasteiger partial charge in [0.2, 0.25) is 0 Å². The van der Waals surface area contributed by atoms with E-state index in [-0.39, 0.29) is 4.11 Å². The molecular weight excluding hydrogens is 291 g/mol. The van der Waals surface area contributed by atoms with Gasteiger partial charge in [0, 0.05) is 6.42 Å². The molecule has 0 radical (unpaired) electrons. The van der Waals surface area contributed by atoms with Gasteiger partial charge in [-0.15, -0.1) is 12.3 Å². The van der Waals surface area contributed by atoms with E-state index in [0.717, 1.165) is 12.3 Å². The molecule has 0 N–H and O–H groups in total. The van der Waals surface area contributed by atoms with Gasteiger partial charge in [0.1, 0.15) is 4.11 Å². The molecule has 1 nitrogen and oxygen atoms in total. The minimum atomic E-state index is -1.47. The molecule has 0 aromatic rings. The standard InChI is InChI=1S/C10H19IOSi/c1-6-7-10(11)12-13(4,5)8-9(2)3/h1,9-10H,7-8H2,2-5H3. The summed E-state index contributed by atoms with van der Waals surface area (Å²) in [5.41, 5.74) is 0. The zero-order valence-electron chi connectivity index (χ0n) is 8.93. The van der Waals surface area contributed by atoms with Crippen LogP contribution in [0, 0.1) is 18.3 Å². The van der Waals surface area contributed by atoms with Gasteiger partial charge < -0.3 is 4.43 Å². The first-order chi connectivity index (χ1) is 5.87. The normalized spacial score (nSPS) is 14.2. The third-order valence-corrected chi connectivity index (χ3v) is 5.52. The van der Waals surface area contributed by atoms with Crippen molar-refractivity contribution in [2.75, 3.05) is 0 Å². The Hall–Kier alpha value is 0.467. The average molecular weight is 310 g/mol. The smallest absolute Gasteiger partial charge is 0.188 e. The maximum absolute atomic E-state index is 5.97. The van der Waals surface area contributed by atoms with Gasteiger partial charge in [-0.25, -0.2) is 0 Å². The number of halogens is 1. The van der Waals surface area contributed by atoms with Crippen LogP contribution >= 0.6 is 22.6 Å². The second-order valence-electron chi connectivity index (χ2n) is 4.29. The van der Waals surface area contributed by atoms with Gasteiger partial charge in [0.25, 0.3) is 0 Å². The fourth-order valence-corrected chi connectivity index (χ4v) is 6.67. The maximum atomic E-state index is 5.97. The predicted octanol–water partition coefficient (Wildman–Crippen LogP) is 3.65. The highest BCUT2D eigenvalue weighted by Crippen LogP contribution is 2.22. The summed E-state index contributed by atoms with van der Waals surface area (Å²) in [7, 11) is -1.47. The molecule has 0 saturated carbocycles. The van der Waals surface area contributed by atoms with Crippen LogP contribution < -0.4 is 0 Å². The molecule has 0 aromatic carbocycles. The molecule has 0 bridgehead atoms. The van der Waals surface area contributed by atoms with Crippen molar-refractivity contribution in [2.24, 2.45) is 5.92 Å². The van der Waals surface area contributed by atoms with Crippen molar-refractivity contribution < 1.29 is 4.43 Å². The molecule has 3 heteroatoms. The van der Waals surface area contributed by atoms with Gasteiger partial charge >= 0.3 is 0 Å². The van der Waals surface area contributed by atoms with E-state index in [9.17, 15) is 0 Å². The first-order valence-corrected chi connectivity index (χ1v) is 8.99. The number of alkyl halides is 1. The Morgan fingerprint density at radius 2 is 2.00 bits per heavy atom. The van der Waals surface area contributed by atoms with Gasteiger partial charge in [-0.3, -0.25) is 0 Å². The van der Waals surface area contributed by atoms with E-state index in [2.05, 4.69) is 55.5 Å². The molecule has 0 heterocycles. The van der Waals surface area contributed by atoms with Crippen LogP contribution in [0.1, 0.15) is 20.3 Å². The van der Waals surface area contributed by atoms with Crippen LogP contribution in [0.2, 0.25) is 19.1 Å². The summed E-state index contributed by atoms with van der Waals surface area (Å²) in [6.07, 6.45) is 5.95. The van der Waals surface area contributed by atoms with Crippen molar-refractivity contribution in [3.05, 3.63) is 0 Å². The van der Waals surface area contributed by atoms with Gasteiger partial charge in [0.05, 0.1) is 0 Å². The minimum Gasteiger partial charge on any atom is -0.405 e. The topological polar surface area (TPSA) is 9.23 Å². The molecule has 0 aliphatic heterocycles. The Balaban J connectivity index is 3.94. The van der Waals surface area contributed by atoms with E-state index in [1.54, 1.807) is 0 Å². The Labute approximate surface area is 96.9 Å². The Bertz CT molecular complexity index is 184. The van der Waals surface area contributed by atoms with Crippen LogP contribution in [0.4, 0.5) is 0 Å². The van der Waals surface area contributed by atoms with Crippen LogP contribution in [0.5, 0.6) is 0 Å². The maximum Gasteiger partial charge on any atom is 0.188 e. The molecule has 0 aromatic heterocycles. The molecule has 0 saturated heterocycles. The molecule has 0 fully saturated rings. The molecule has 76 valence electrons. The van der Waals surface area contributed by atoms with Crippen LogP contribution in [0.3, 0.4) is 0 Å². The van der Waals surface area contributed by atoms with Gasteiger partial charge in [-0.2, -0.15) is 0 Å². The molecular formula is C10H19IOSi. The van der Waals surface area contributed by atoms with Crippen molar-refractivity contribution in [1.29, 1.82) is 0 Å². The Kier molecular flexibility index (Phi) is 6.26. The molecule has 0 aliphatic rings. The summed E-state index contributed by atoms with van der Waals surface area (Å²) in [5.74, 6) is 3.35. The lowest BCUT2D eigenvalue weighted by Gasteiger charge is -2.27. The van der Waals surface area contributed by atoms with E-state index in [0.29, 0.717) is 0 Å². The van der Waals surface area contributed by atoms with Crippen molar-refractivity contribution in [2.45, 2.75) is 43.5 Å². The summed E-state index contributed by atoms with van der Waals surface area (Å²) < 4.78 is 6.17. The molecule has 13 heavy (non-hydrogen) atoms. The lowest BCUT2D eigenvalue weighted by atomic mass is 10.3. The monoisotopic (exact) mass is 310 g/mol. The number of hydrogen-bond donors (Lipinski definition) is 0. The van der Waals surface area contributed by atoms with E-state index in [1.165, 1.54) is 6.04 Å². The van der Waals surface area contributed by atoms with Crippen LogP contribution in [0.15, 0.2) is 0 Å². The van der Waals surface area contributed by atoms with Gasteiger partial charge in [0.15, 0.2) is 8.32 Å². The molecule has 1 unspecified atom stereocenters. The second kappa shape index (κ2) is 6.05. The Morgan fingerprint density at radius 3 is 2.38 bits per heavy atom. The van der Waals surface area contributed by atoms with E-state index in [4.69, 9.17) is 10.8 Å². The highest BCUT2D eigenvalue weighted by Gasteiger charge is 2.26. The third kappa shape index (κ3) is 7.53. The zero-order chi connectivity index (χ0) is 10.5. The van der Waals surface area contributed by atoms with Crippen molar-refractivity contribution in [3.63, 3.8) is 0 Å². The van der Waals surface area contributed by atoms with E-state index in [1.807, 2.05) is 0 Å². The molecule has 1 atom stereocenters. The second-order valence-corrected chi connectivity index (χ2v) is 9.85. The lowest BCUT2D eigenvalue weighted by molar-refractivity contribution is 0.294. The SMILES string of the molecule is C#CCC(I)O[Si](C)(C)CC(C)C. The number of terminal acetylenes is 1. The van der Waals surface area contributed by atoms with Gasteiger partial charge in [-0.1, -0.05) is 36.4 Å². The predicted molar refractivity (Wildman–Crippen MR) is 69.5 cm³/mol. The number of rotatable bonds is 5. The van der Waals surface area contributed by atoms with Crippen LogP contribution in [0.25, 0.3) is 0 Å². The van der Waals surface area contributed by atoms with Crippen molar-refractivity contribution in [3.8, 4) is 12.3 Å². The summed E-state index contributed by atoms with van der Waals surface area (Å²) >= 11 is 2.28. The van der Waals surface area contributed by atoms with Crippen molar-refractivity contribution >= 4 is 30.9 Å². The molecule has 0 amide bonds. The highest BCUT2D eigenvalue weighted by atomic mass is 127. The summed E-state index contributed by atoms with van der Waals surface area (Å²) in [6, 6.07) is 1.21. The minimum absolute atomic E-state index is 0.197. The van der Waals surface area contributed by atoms with E-state index >= 15 is 0 Å². The average Bonchev–Trinajstić information content (AvgIpc) is 1.81. The molecule has 0 rings (SSSR count). The van der Waals surface area contributed by atoms with Crippen molar-refractivity contribution in [1.82, 2.24) is 0 Å². The van der Waals surface area contributed by atoms with Crippen LogP contribution in [-0.2, 0) is 4.43 Å². The van der Waals surface area contributed by atoms with E-state index < -0.39 is 8.32 Å². The summed E-state index contributed by atoms with van der Waals surface area (Å²) in [6.45, 7) is 8.99. The largest absolute Gasteiger partial charge is 0.405 e.